The number of piperidine rings is 1. The number of aromatic nitrogens is 2. The van der Waals surface area contributed by atoms with Crippen LogP contribution in [0.1, 0.15) is 30.7 Å². The summed E-state index contributed by atoms with van der Waals surface area (Å²) in [7, 11) is 1.96. The van der Waals surface area contributed by atoms with Crippen molar-refractivity contribution in [3.63, 3.8) is 0 Å². The van der Waals surface area contributed by atoms with Gasteiger partial charge in [-0.05, 0) is 32.0 Å². The van der Waals surface area contributed by atoms with Gasteiger partial charge < -0.3 is 10.6 Å². The van der Waals surface area contributed by atoms with E-state index in [1.165, 1.54) is 38.0 Å². The average Bonchev–Trinajstić information content (AvgIpc) is 2.69. The minimum Gasteiger partial charge on any atom is -0.325 e. The van der Waals surface area contributed by atoms with Gasteiger partial charge in [-0.1, -0.05) is 6.42 Å². The summed E-state index contributed by atoms with van der Waals surface area (Å²) in [6, 6.07) is 2.13. The van der Waals surface area contributed by atoms with Gasteiger partial charge >= 0.3 is 0 Å². The lowest BCUT2D eigenvalue weighted by atomic mass is 10.1. The van der Waals surface area contributed by atoms with Gasteiger partial charge in [-0.3, -0.25) is 4.68 Å². The van der Waals surface area contributed by atoms with Crippen LogP contribution in [0.15, 0.2) is 6.07 Å². The number of nitrogens with two attached hydrogens (primary N) is 1. The Morgan fingerprint density at radius 1 is 1.31 bits per heavy atom. The Bertz CT molecular complexity index is 326. The molecule has 16 heavy (non-hydrogen) atoms. The SMILES string of the molecule is Cn1nc(CCN2CCCCC2)cc1CN. The van der Waals surface area contributed by atoms with Crippen molar-refractivity contribution in [2.24, 2.45) is 12.8 Å². The molecule has 1 aliphatic heterocycles. The molecule has 1 aromatic rings. The van der Waals surface area contributed by atoms with E-state index >= 15 is 0 Å². The minimum absolute atomic E-state index is 0.577. The standard InChI is InChI=1S/C12H22N4/c1-15-12(10-13)9-11(14-15)5-8-16-6-3-2-4-7-16/h9H,2-8,10,13H2,1H3. The van der Waals surface area contributed by atoms with Crippen LogP contribution in [0.5, 0.6) is 0 Å². The maximum Gasteiger partial charge on any atom is 0.0640 e. The molecule has 1 aliphatic rings. The van der Waals surface area contributed by atoms with Crippen LogP contribution < -0.4 is 5.73 Å². The van der Waals surface area contributed by atoms with E-state index in [1.807, 2.05) is 11.7 Å². The van der Waals surface area contributed by atoms with Crippen molar-refractivity contribution < 1.29 is 0 Å². The Morgan fingerprint density at radius 2 is 2.06 bits per heavy atom. The zero-order chi connectivity index (χ0) is 11.4. The molecule has 4 nitrogen and oxygen atoms in total. The van der Waals surface area contributed by atoms with Gasteiger partial charge in [0.1, 0.15) is 0 Å². The summed E-state index contributed by atoms with van der Waals surface area (Å²) < 4.78 is 1.89. The van der Waals surface area contributed by atoms with E-state index in [2.05, 4.69) is 16.1 Å². The van der Waals surface area contributed by atoms with Gasteiger partial charge in [-0.2, -0.15) is 5.10 Å². The predicted octanol–water partition coefficient (Wildman–Crippen LogP) is 0.907. The molecule has 0 aliphatic carbocycles. The van der Waals surface area contributed by atoms with Crippen LogP contribution in [-0.4, -0.2) is 34.3 Å². The molecule has 0 unspecified atom stereocenters. The molecule has 2 heterocycles. The number of nitrogens with zero attached hydrogens (tertiary/aromatic N) is 3. The van der Waals surface area contributed by atoms with Crippen molar-refractivity contribution in [3.8, 4) is 0 Å². The van der Waals surface area contributed by atoms with E-state index < -0.39 is 0 Å². The molecule has 0 atom stereocenters. The molecule has 0 spiro atoms. The van der Waals surface area contributed by atoms with Crippen LogP contribution in [0.3, 0.4) is 0 Å². The molecule has 2 N–H and O–H groups in total. The highest BCUT2D eigenvalue weighted by molar-refractivity contribution is 5.10. The van der Waals surface area contributed by atoms with Crippen LogP contribution in [0.4, 0.5) is 0 Å². The van der Waals surface area contributed by atoms with Crippen molar-refractivity contribution in [3.05, 3.63) is 17.5 Å². The van der Waals surface area contributed by atoms with E-state index in [0.717, 1.165) is 18.7 Å². The van der Waals surface area contributed by atoms with Gasteiger partial charge in [-0.15, -0.1) is 0 Å². The third-order valence-electron chi connectivity index (χ3n) is 3.37. The molecule has 2 rings (SSSR count). The van der Waals surface area contributed by atoms with Crippen LogP contribution in [0.2, 0.25) is 0 Å². The van der Waals surface area contributed by atoms with Gasteiger partial charge in [-0.25, -0.2) is 0 Å². The predicted molar refractivity (Wildman–Crippen MR) is 65.1 cm³/mol. The summed E-state index contributed by atoms with van der Waals surface area (Å²) in [4.78, 5) is 2.54. The number of likely N-dealkylation sites (tertiary alicyclic amines) is 1. The first-order valence-corrected chi connectivity index (χ1v) is 6.24. The topological polar surface area (TPSA) is 47.1 Å². The molecule has 0 radical (unpaired) electrons. The van der Waals surface area contributed by atoms with Crippen LogP contribution in [0.25, 0.3) is 0 Å². The highest BCUT2D eigenvalue weighted by Gasteiger charge is 2.11. The smallest absolute Gasteiger partial charge is 0.0640 e. The highest BCUT2D eigenvalue weighted by Crippen LogP contribution is 2.10. The number of rotatable bonds is 4. The minimum atomic E-state index is 0.577. The van der Waals surface area contributed by atoms with Crippen molar-refractivity contribution in [2.75, 3.05) is 19.6 Å². The molecule has 1 saturated heterocycles. The summed E-state index contributed by atoms with van der Waals surface area (Å²) >= 11 is 0. The molecule has 0 aromatic carbocycles. The van der Waals surface area contributed by atoms with Crippen LogP contribution in [-0.2, 0) is 20.0 Å². The summed E-state index contributed by atoms with van der Waals surface area (Å²) in [6.45, 7) is 4.24. The van der Waals surface area contributed by atoms with E-state index in [4.69, 9.17) is 5.73 Å². The third-order valence-corrected chi connectivity index (χ3v) is 3.37. The van der Waals surface area contributed by atoms with Crippen LogP contribution >= 0.6 is 0 Å². The Labute approximate surface area is 97.4 Å². The van der Waals surface area contributed by atoms with Gasteiger partial charge in [0.05, 0.1) is 11.4 Å². The van der Waals surface area contributed by atoms with Gasteiger partial charge in [0.2, 0.25) is 0 Å². The first-order valence-electron chi connectivity index (χ1n) is 6.24. The number of hydrogen-bond acceptors (Lipinski definition) is 3. The fraction of sp³-hybridized carbons (Fsp3) is 0.750. The second-order valence-electron chi connectivity index (χ2n) is 4.61. The average molecular weight is 222 g/mol. The van der Waals surface area contributed by atoms with Crippen molar-refractivity contribution >= 4 is 0 Å². The zero-order valence-electron chi connectivity index (χ0n) is 10.2. The van der Waals surface area contributed by atoms with Gasteiger partial charge in [0.25, 0.3) is 0 Å². The van der Waals surface area contributed by atoms with E-state index in [-0.39, 0.29) is 0 Å². The molecule has 1 aromatic heterocycles. The molecule has 0 saturated carbocycles. The lowest BCUT2D eigenvalue weighted by Gasteiger charge is -2.25. The Balaban J connectivity index is 1.83. The molecule has 90 valence electrons. The monoisotopic (exact) mass is 222 g/mol. The third kappa shape index (κ3) is 2.83. The molecule has 0 amide bonds. The van der Waals surface area contributed by atoms with E-state index in [1.54, 1.807) is 0 Å². The Morgan fingerprint density at radius 3 is 2.69 bits per heavy atom. The first-order chi connectivity index (χ1) is 7.79. The summed E-state index contributed by atoms with van der Waals surface area (Å²) in [5.41, 5.74) is 7.93. The summed E-state index contributed by atoms with van der Waals surface area (Å²) in [5.74, 6) is 0. The molecular formula is C12H22N4. The number of hydrogen-bond donors (Lipinski definition) is 1. The maximum atomic E-state index is 5.63. The second-order valence-corrected chi connectivity index (χ2v) is 4.61. The Hall–Kier alpha value is -0.870. The highest BCUT2D eigenvalue weighted by atomic mass is 15.3. The number of aryl methyl sites for hydroxylation is 1. The van der Waals surface area contributed by atoms with Crippen molar-refractivity contribution in [1.82, 2.24) is 14.7 Å². The molecule has 4 heteroatoms. The molecule has 1 fully saturated rings. The van der Waals surface area contributed by atoms with E-state index in [0.29, 0.717) is 6.54 Å². The first kappa shape index (κ1) is 11.6. The summed E-state index contributed by atoms with van der Waals surface area (Å²) in [5, 5.41) is 4.48. The van der Waals surface area contributed by atoms with Crippen molar-refractivity contribution in [2.45, 2.75) is 32.2 Å². The van der Waals surface area contributed by atoms with Crippen LogP contribution in [0, 0.1) is 0 Å². The fourth-order valence-corrected chi connectivity index (χ4v) is 2.34. The Kier molecular flexibility index (Phi) is 3.96. The normalized spacial score (nSPS) is 17.9. The summed E-state index contributed by atoms with van der Waals surface area (Å²) in [6.07, 6.45) is 5.16. The lowest BCUT2D eigenvalue weighted by molar-refractivity contribution is 0.231. The molecule has 0 bridgehead atoms. The molecular weight excluding hydrogens is 200 g/mol. The fourth-order valence-electron chi connectivity index (χ4n) is 2.34. The maximum absolute atomic E-state index is 5.63. The largest absolute Gasteiger partial charge is 0.325 e. The van der Waals surface area contributed by atoms with Gasteiger partial charge in [0.15, 0.2) is 0 Å². The zero-order valence-corrected chi connectivity index (χ0v) is 10.2. The van der Waals surface area contributed by atoms with Gasteiger partial charge in [0, 0.05) is 26.6 Å². The quantitative estimate of drug-likeness (QED) is 0.823. The van der Waals surface area contributed by atoms with E-state index in [9.17, 15) is 0 Å². The van der Waals surface area contributed by atoms with Crippen molar-refractivity contribution in [1.29, 1.82) is 0 Å². The second kappa shape index (κ2) is 5.46. The lowest BCUT2D eigenvalue weighted by Crippen LogP contribution is -2.31.